The molecule has 0 aliphatic carbocycles. The summed E-state index contributed by atoms with van der Waals surface area (Å²) >= 11 is 6.05. The second kappa shape index (κ2) is 6.02. The van der Waals surface area contributed by atoms with E-state index in [1.54, 1.807) is 0 Å². The van der Waals surface area contributed by atoms with Gasteiger partial charge in [-0.2, -0.15) is 0 Å². The fourth-order valence-corrected chi connectivity index (χ4v) is 2.52. The van der Waals surface area contributed by atoms with Gasteiger partial charge < -0.3 is 5.32 Å². The Balaban J connectivity index is 2.00. The molecule has 1 aromatic rings. The van der Waals surface area contributed by atoms with E-state index in [0.29, 0.717) is 24.0 Å². The van der Waals surface area contributed by atoms with Crippen LogP contribution in [0.1, 0.15) is 32.4 Å². The van der Waals surface area contributed by atoms with Crippen LogP contribution in [0.2, 0.25) is 5.02 Å². The summed E-state index contributed by atoms with van der Waals surface area (Å²) in [7, 11) is 0. The third-order valence-corrected chi connectivity index (χ3v) is 3.63. The minimum atomic E-state index is 0.299. The van der Waals surface area contributed by atoms with Gasteiger partial charge in [-0.25, -0.2) is 10.9 Å². The van der Waals surface area contributed by atoms with Gasteiger partial charge in [-0.3, -0.25) is 0 Å². The van der Waals surface area contributed by atoms with Gasteiger partial charge in [0.05, 0.1) is 12.2 Å². The predicted octanol–water partition coefficient (Wildman–Crippen LogP) is 2.70. The highest BCUT2D eigenvalue weighted by molar-refractivity contribution is 6.30. The standard InChI is InChI=1S/C14H22ClN3/c1-9(2)8-16-14-10(3)13(17-18-14)11-5-4-6-12(15)7-11/h4-7,9-10,13-14,16-18H,8H2,1-3H3. The Morgan fingerprint density at radius 2 is 2.11 bits per heavy atom. The van der Waals surface area contributed by atoms with Gasteiger partial charge in [-0.1, -0.05) is 44.5 Å². The maximum absolute atomic E-state index is 6.05. The van der Waals surface area contributed by atoms with E-state index in [2.05, 4.69) is 43.0 Å². The van der Waals surface area contributed by atoms with E-state index < -0.39 is 0 Å². The summed E-state index contributed by atoms with van der Waals surface area (Å²) in [6, 6.07) is 8.36. The Morgan fingerprint density at radius 3 is 2.78 bits per heavy atom. The molecule has 1 aliphatic heterocycles. The summed E-state index contributed by atoms with van der Waals surface area (Å²) in [6.45, 7) is 7.70. The average Bonchev–Trinajstić information content (AvgIpc) is 2.68. The molecule has 0 amide bonds. The first-order chi connectivity index (χ1) is 8.58. The van der Waals surface area contributed by atoms with Crippen LogP contribution >= 0.6 is 11.6 Å². The molecule has 0 saturated carbocycles. The van der Waals surface area contributed by atoms with Gasteiger partial charge in [-0.15, -0.1) is 0 Å². The van der Waals surface area contributed by atoms with Gasteiger partial charge >= 0.3 is 0 Å². The van der Waals surface area contributed by atoms with Crippen molar-refractivity contribution in [3.05, 3.63) is 34.9 Å². The Kier molecular flexibility index (Phi) is 4.62. The summed E-state index contributed by atoms with van der Waals surface area (Å²) in [5.74, 6) is 1.13. The maximum atomic E-state index is 6.05. The van der Waals surface area contributed by atoms with Crippen molar-refractivity contribution in [3.63, 3.8) is 0 Å². The molecule has 3 unspecified atom stereocenters. The van der Waals surface area contributed by atoms with Crippen molar-refractivity contribution in [2.75, 3.05) is 6.54 Å². The van der Waals surface area contributed by atoms with Crippen LogP contribution in [-0.2, 0) is 0 Å². The van der Waals surface area contributed by atoms with Gasteiger partial charge in [0.2, 0.25) is 0 Å². The van der Waals surface area contributed by atoms with Crippen molar-refractivity contribution in [2.24, 2.45) is 11.8 Å². The van der Waals surface area contributed by atoms with E-state index >= 15 is 0 Å². The molecule has 1 heterocycles. The highest BCUT2D eigenvalue weighted by Crippen LogP contribution is 2.28. The fourth-order valence-electron chi connectivity index (χ4n) is 2.32. The van der Waals surface area contributed by atoms with Crippen molar-refractivity contribution in [1.29, 1.82) is 0 Å². The first kappa shape index (κ1) is 13.8. The lowest BCUT2D eigenvalue weighted by Gasteiger charge is -2.21. The van der Waals surface area contributed by atoms with Gasteiger partial charge in [-0.05, 0) is 30.2 Å². The minimum Gasteiger partial charge on any atom is -0.300 e. The average molecular weight is 268 g/mol. The first-order valence-corrected chi connectivity index (χ1v) is 6.95. The Morgan fingerprint density at radius 1 is 1.33 bits per heavy atom. The second-order valence-electron chi connectivity index (χ2n) is 5.46. The third-order valence-electron chi connectivity index (χ3n) is 3.40. The zero-order chi connectivity index (χ0) is 13.1. The number of hydrogen-bond acceptors (Lipinski definition) is 3. The van der Waals surface area contributed by atoms with Crippen LogP contribution in [0.5, 0.6) is 0 Å². The molecule has 1 saturated heterocycles. The van der Waals surface area contributed by atoms with E-state index in [1.165, 1.54) is 5.56 Å². The summed E-state index contributed by atoms with van der Waals surface area (Å²) in [5, 5.41) is 4.33. The summed E-state index contributed by atoms with van der Waals surface area (Å²) in [5.41, 5.74) is 7.91. The van der Waals surface area contributed by atoms with Crippen molar-refractivity contribution < 1.29 is 0 Å². The highest BCUT2D eigenvalue weighted by Gasteiger charge is 2.32. The van der Waals surface area contributed by atoms with Crippen molar-refractivity contribution in [2.45, 2.75) is 33.0 Å². The van der Waals surface area contributed by atoms with Crippen LogP contribution in [0.4, 0.5) is 0 Å². The summed E-state index contributed by atoms with van der Waals surface area (Å²) in [6.07, 6.45) is 0.302. The highest BCUT2D eigenvalue weighted by atomic mass is 35.5. The second-order valence-corrected chi connectivity index (χ2v) is 5.90. The van der Waals surface area contributed by atoms with E-state index in [1.807, 2.05) is 18.2 Å². The smallest absolute Gasteiger partial charge is 0.0749 e. The van der Waals surface area contributed by atoms with Crippen LogP contribution in [0.15, 0.2) is 24.3 Å². The summed E-state index contributed by atoms with van der Waals surface area (Å²) < 4.78 is 0. The minimum absolute atomic E-state index is 0.299. The monoisotopic (exact) mass is 267 g/mol. The topological polar surface area (TPSA) is 36.1 Å². The van der Waals surface area contributed by atoms with Crippen molar-refractivity contribution >= 4 is 11.6 Å². The molecule has 0 spiro atoms. The van der Waals surface area contributed by atoms with Crippen molar-refractivity contribution in [3.8, 4) is 0 Å². The molecule has 100 valence electrons. The Hall–Kier alpha value is -0.610. The van der Waals surface area contributed by atoms with Gasteiger partial charge in [0.25, 0.3) is 0 Å². The number of hydrazine groups is 1. The van der Waals surface area contributed by atoms with Crippen LogP contribution in [-0.4, -0.2) is 12.7 Å². The van der Waals surface area contributed by atoms with E-state index in [9.17, 15) is 0 Å². The molecule has 1 aliphatic rings. The molecule has 1 fully saturated rings. The molecule has 0 bridgehead atoms. The molecule has 3 N–H and O–H groups in total. The van der Waals surface area contributed by atoms with Crippen molar-refractivity contribution in [1.82, 2.24) is 16.2 Å². The SMILES string of the molecule is CC(C)CNC1NNC(c2cccc(Cl)c2)C1C. The lowest BCUT2D eigenvalue weighted by Crippen LogP contribution is -2.44. The lowest BCUT2D eigenvalue weighted by molar-refractivity contribution is 0.363. The van der Waals surface area contributed by atoms with Crippen LogP contribution in [0, 0.1) is 11.8 Å². The van der Waals surface area contributed by atoms with Gasteiger partial charge in [0, 0.05) is 10.9 Å². The van der Waals surface area contributed by atoms with Crippen LogP contribution in [0.3, 0.4) is 0 Å². The first-order valence-electron chi connectivity index (χ1n) is 6.58. The van der Waals surface area contributed by atoms with Gasteiger partial charge in [0.15, 0.2) is 0 Å². The fraction of sp³-hybridized carbons (Fsp3) is 0.571. The number of benzene rings is 1. The quantitative estimate of drug-likeness (QED) is 0.785. The van der Waals surface area contributed by atoms with E-state index in [0.717, 1.165) is 11.6 Å². The predicted molar refractivity (Wildman–Crippen MR) is 76.3 cm³/mol. The zero-order valence-electron chi connectivity index (χ0n) is 11.2. The van der Waals surface area contributed by atoms with Gasteiger partial charge in [0.1, 0.15) is 0 Å². The summed E-state index contributed by atoms with van der Waals surface area (Å²) in [4.78, 5) is 0. The van der Waals surface area contributed by atoms with E-state index in [4.69, 9.17) is 11.6 Å². The molecule has 4 heteroatoms. The molecule has 3 atom stereocenters. The number of rotatable bonds is 4. The van der Waals surface area contributed by atoms with Crippen LogP contribution in [0.25, 0.3) is 0 Å². The molecule has 0 aromatic heterocycles. The molecule has 1 aromatic carbocycles. The molecule has 18 heavy (non-hydrogen) atoms. The van der Waals surface area contributed by atoms with E-state index in [-0.39, 0.29) is 0 Å². The normalized spacial score (nSPS) is 27.9. The van der Waals surface area contributed by atoms with Crippen LogP contribution < -0.4 is 16.2 Å². The molecule has 2 rings (SSSR count). The molecular formula is C14H22ClN3. The molecule has 0 radical (unpaired) electrons. The lowest BCUT2D eigenvalue weighted by atomic mass is 9.94. The number of halogens is 1. The largest absolute Gasteiger partial charge is 0.300 e. The Labute approximate surface area is 114 Å². The Bertz CT molecular complexity index is 394. The zero-order valence-corrected chi connectivity index (χ0v) is 12.0. The number of nitrogens with one attached hydrogen (secondary N) is 3. The number of hydrogen-bond donors (Lipinski definition) is 3. The molecular weight excluding hydrogens is 246 g/mol. The maximum Gasteiger partial charge on any atom is 0.0749 e. The third kappa shape index (κ3) is 3.23. The molecule has 3 nitrogen and oxygen atoms in total.